The van der Waals surface area contributed by atoms with Gasteiger partial charge < -0.3 is 4.74 Å². The van der Waals surface area contributed by atoms with Gasteiger partial charge in [-0.25, -0.2) is 0 Å². The smallest absolute Gasteiger partial charge is 0.312 e. The Balaban J connectivity index is 4.46. The van der Waals surface area contributed by atoms with Crippen molar-refractivity contribution < 1.29 is 9.53 Å². The summed E-state index contributed by atoms with van der Waals surface area (Å²) in [6, 6.07) is 3.91. The van der Waals surface area contributed by atoms with Crippen molar-refractivity contribution in [3.63, 3.8) is 0 Å². The number of nitrogens with zero attached hydrogens (tertiary/aromatic N) is 3. The Labute approximate surface area is 89.8 Å². The van der Waals surface area contributed by atoms with Crippen molar-refractivity contribution in [1.29, 1.82) is 10.5 Å². The van der Waals surface area contributed by atoms with Crippen LogP contribution in [0.2, 0.25) is 0 Å². The zero-order chi connectivity index (χ0) is 11.9. The van der Waals surface area contributed by atoms with Crippen LogP contribution < -0.4 is 0 Å². The molecule has 0 aromatic rings. The maximum absolute atomic E-state index is 11.4. The van der Waals surface area contributed by atoms with Gasteiger partial charge in [-0.3, -0.25) is 9.69 Å². The summed E-state index contributed by atoms with van der Waals surface area (Å²) in [5.41, 5.74) is -0.706. The lowest BCUT2D eigenvalue weighted by molar-refractivity contribution is -0.151. The van der Waals surface area contributed by atoms with Crippen LogP contribution in [0.3, 0.4) is 0 Å². The number of hydrogen-bond donors (Lipinski definition) is 0. The molecule has 0 aliphatic rings. The number of ether oxygens (including phenoxy) is 1. The maximum atomic E-state index is 11.4. The third kappa shape index (κ3) is 4.44. The predicted molar refractivity (Wildman–Crippen MR) is 53.5 cm³/mol. The highest BCUT2D eigenvalue weighted by molar-refractivity contribution is 5.76. The fraction of sp³-hybridized carbons (Fsp3) is 0.700. The fourth-order valence-electron chi connectivity index (χ4n) is 1.27. The van der Waals surface area contributed by atoms with Gasteiger partial charge in [0.15, 0.2) is 0 Å². The van der Waals surface area contributed by atoms with Gasteiger partial charge in [0, 0.05) is 6.54 Å². The Morgan fingerprint density at radius 1 is 1.33 bits per heavy atom. The molecule has 0 bridgehead atoms. The molecule has 0 aliphatic carbocycles. The number of methoxy groups -OCH3 is 1. The van der Waals surface area contributed by atoms with E-state index in [2.05, 4.69) is 4.74 Å². The zero-order valence-electron chi connectivity index (χ0n) is 9.28. The van der Waals surface area contributed by atoms with E-state index >= 15 is 0 Å². The number of nitriles is 2. The first kappa shape index (κ1) is 13.4. The molecule has 5 heteroatoms. The molecule has 0 saturated heterocycles. The van der Waals surface area contributed by atoms with Crippen LogP contribution in [-0.4, -0.2) is 37.6 Å². The molecule has 5 nitrogen and oxygen atoms in total. The Hall–Kier alpha value is -1.59. The Bertz CT molecular complexity index is 283. The zero-order valence-corrected chi connectivity index (χ0v) is 9.28. The van der Waals surface area contributed by atoms with Gasteiger partial charge in [0.1, 0.15) is 0 Å². The van der Waals surface area contributed by atoms with Gasteiger partial charge in [-0.15, -0.1) is 0 Å². The first-order valence-electron chi connectivity index (χ1n) is 4.52. The van der Waals surface area contributed by atoms with E-state index in [9.17, 15) is 4.79 Å². The lowest BCUT2D eigenvalue weighted by Gasteiger charge is -2.27. The SMILES string of the molecule is COC(=O)C(C)(C)CN(CC#N)CC#N. The van der Waals surface area contributed by atoms with Crippen LogP contribution in [0.25, 0.3) is 0 Å². The summed E-state index contributed by atoms with van der Waals surface area (Å²) in [4.78, 5) is 13.0. The average Bonchev–Trinajstić information content (AvgIpc) is 2.16. The van der Waals surface area contributed by atoms with Gasteiger partial charge in [0.2, 0.25) is 0 Å². The van der Waals surface area contributed by atoms with E-state index in [1.54, 1.807) is 18.7 Å². The lowest BCUT2D eigenvalue weighted by atomic mass is 9.93. The van der Waals surface area contributed by atoms with Crippen LogP contribution in [0.15, 0.2) is 0 Å². The molecule has 0 aromatic heterocycles. The van der Waals surface area contributed by atoms with Crippen molar-refractivity contribution in [2.75, 3.05) is 26.7 Å². The van der Waals surface area contributed by atoms with Crippen LogP contribution in [0.1, 0.15) is 13.8 Å². The summed E-state index contributed by atoms with van der Waals surface area (Å²) in [6.45, 7) is 4.05. The molecule has 0 atom stereocenters. The standard InChI is InChI=1S/C10H15N3O2/c1-10(2,9(14)15-3)8-13(6-4-11)7-5-12/h6-8H2,1-3H3. The molecule has 0 aliphatic heterocycles. The Morgan fingerprint density at radius 2 is 1.80 bits per heavy atom. The summed E-state index contributed by atoms with van der Waals surface area (Å²) in [5.74, 6) is -0.344. The molecule has 0 saturated carbocycles. The second-order valence-corrected chi connectivity index (χ2v) is 3.84. The van der Waals surface area contributed by atoms with Gasteiger partial charge in [-0.05, 0) is 13.8 Å². The van der Waals surface area contributed by atoms with Gasteiger partial charge in [-0.1, -0.05) is 0 Å². The topological polar surface area (TPSA) is 77.1 Å². The van der Waals surface area contributed by atoms with E-state index in [-0.39, 0.29) is 19.1 Å². The van der Waals surface area contributed by atoms with Gasteiger partial charge in [0.25, 0.3) is 0 Å². The second-order valence-electron chi connectivity index (χ2n) is 3.84. The number of carbonyl (C=O) groups is 1. The van der Waals surface area contributed by atoms with Gasteiger partial charge in [-0.2, -0.15) is 10.5 Å². The highest BCUT2D eigenvalue weighted by Gasteiger charge is 2.30. The first-order chi connectivity index (χ1) is 6.97. The van der Waals surface area contributed by atoms with E-state index in [0.717, 1.165) is 0 Å². The molecule has 0 aromatic carbocycles. The number of carbonyl (C=O) groups excluding carboxylic acids is 1. The third-order valence-corrected chi connectivity index (χ3v) is 1.95. The minimum absolute atomic E-state index is 0.133. The molecule has 0 spiro atoms. The molecular weight excluding hydrogens is 194 g/mol. The normalized spacial score (nSPS) is 10.5. The first-order valence-corrected chi connectivity index (χ1v) is 4.52. The minimum Gasteiger partial charge on any atom is -0.469 e. The lowest BCUT2D eigenvalue weighted by Crippen LogP contribution is -2.40. The van der Waals surface area contributed by atoms with Crippen molar-refractivity contribution in [3.05, 3.63) is 0 Å². The van der Waals surface area contributed by atoms with Crippen LogP contribution >= 0.6 is 0 Å². The van der Waals surface area contributed by atoms with Gasteiger partial charge in [0.05, 0.1) is 37.8 Å². The van der Waals surface area contributed by atoms with Crippen LogP contribution in [-0.2, 0) is 9.53 Å². The number of hydrogen-bond acceptors (Lipinski definition) is 5. The van der Waals surface area contributed by atoms with E-state index in [1.165, 1.54) is 7.11 Å². The van der Waals surface area contributed by atoms with E-state index in [1.807, 2.05) is 12.1 Å². The molecule has 0 unspecified atom stereocenters. The molecule has 0 radical (unpaired) electrons. The third-order valence-electron chi connectivity index (χ3n) is 1.95. The van der Waals surface area contributed by atoms with Crippen molar-refractivity contribution in [1.82, 2.24) is 4.90 Å². The number of rotatable bonds is 5. The van der Waals surface area contributed by atoms with E-state index < -0.39 is 5.41 Å². The minimum atomic E-state index is -0.706. The largest absolute Gasteiger partial charge is 0.469 e. The Kier molecular flexibility index (Phi) is 5.36. The fourth-order valence-corrected chi connectivity index (χ4v) is 1.27. The molecule has 0 N–H and O–H groups in total. The molecule has 0 amide bonds. The molecule has 82 valence electrons. The van der Waals surface area contributed by atoms with Crippen molar-refractivity contribution >= 4 is 5.97 Å². The summed E-state index contributed by atoms with van der Waals surface area (Å²) >= 11 is 0. The summed E-state index contributed by atoms with van der Waals surface area (Å²) in [5, 5.41) is 17.1. The quantitative estimate of drug-likeness (QED) is 0.487. The summed E-state index contributed by atoms with van der Waals surface area (Å²) in [6.07, 6.45) is 0. The molecule has 0 rings (SSSR count). The highest BCUT2D eigenvalue weighted by Crippen LogP contribution is 2.18. The highest BCUT2D eigenvalue weighted by atomic mass is 16.5. The van der Waals surface area contributed by atoms with E-state index in [4.69, 9.17) is 10.5 Å². The average molecular weight is 209 g/mol. The van der Waals surface area contributed by atoms with E-state index in [0.29, 0.717) is 6.54 Å². The van der Waals surface area contributed by atoms with Crippen LogP contribution in [0.5, 0.6) is 0 Å². The monoisotopic (exact) mass is 209 g/mol. The molecular formula is C10H15N3O2. The predicted octanol–water partition coefficient (Wildman–Crippen LogP) is 0.535. The van der Waals surface area contributed by atoms with Crippen molar-refractivity contribution in [2.24, 2.45) is 5.41 Å². The van der Waals surface area contributed by atoms with Gasteiger partial charge >= 0.3 is 5.97 Å². The van der Waals surface area contributed by atoms with Crippen LogP contribution in [0, 0.1) is 28.1 Å². The molecule has 15 heavy (non-hydrogen) atoms. The van der Waals surface area contributed by atoms with Crippen molar-refractivity contribution in [2.45, 2.75) is 13.8 Å². The summed E-state index contributed by atoms with van der Waals surface area (Å²) in [7, 11) is 1.32. The maximum Gasteiger partial charge on any atom is 0.312 e. The van der Waals surface area contributed by atoms with Crippen LogP contribution in [0.4, 0.5) is 0 Å². The number of esters is 1. The molecule has 0 heterocycles. The molecule has 0 fully saturated rings. The second kappa shape index (κ2) is 6.00. The van der Waals surface area contributed by atoms with Crippen molar-refractivity contribution in [3.8, 4) is 12.1 Å². The Morgan fingerprint density at radius 3 is 2.13 bits per heavy atom. The summed E-state index contributed by atoms with van der Waals surface area (Å²) < 4.78 is 4.64.